The zero-order valence-electron chi connectivity index (χ0n) is 36.1. The van der Waals surface area contributed by atoms with Crippen LogP contribution >= 0.6 is 0 Å². The number of para-hydroxylation sites is 2. The fourth-order valence-corrected chi connectivity index (χ4v) is 8.95. The lowest BCUT2D eigenvalue weighted by Crippen LogP contribution is -2.03. The Morgan fingerprint density at radius 2 is 0.657 bits per heavy atom. The van der Waals surface area contributed by atoms with E-state index < -0.39 is 0 Å². The summed E-state index contributed by atoms with van der Waals surface area (Å²) < 4.78 is 2.34. The van der Waals surface area contributed by atoms with Gasteiger partial charge < -0.3 is 4.57 Å². The molecule has 0 N–H and O–H groups in total. The molecule has 3 heterocycles. The Bertz CT molecular complexity index is 3670. The summed E-state index contributed by atoms with van der Waals surface area (Å²) >= 11 is 0. The Morgan fingerprint density at radius 3 is 1.24 bits per heavy atom. The van der Waals surface area contributed by atoms with Crippen LogP contribution in [0.2, 0.25) is 0 Å². The standard InChI is InChI=1S/C60H39N7/c1-6-20-40(21-7-1)44-28-18-29-45(38-44)58-64-57(43-26-12-4-13-27-43)65-60(66-58)51-39-46(59-62-55(41-22-8-2-9-23-41)61-56(63-59)42-24-10-3-11-25-42)36-37-48(51)49-33-19-35-53-54(49)50-32-16-17-34-52(50)67(53)47-30-14-5-15-31-47/h1-39H. The second-order valence-corrected chi connectivity index (χ2v) is 16.3. The molecular formula is C60H39N7. The molecule has 0 amide bonds. The molecule has 9 aromatic carbocycles. The minimum atomic E-state index is 0.523. The van der Waals surface area contributed by atoms with Gasteiger partial charge in [-0.3, -0.25) is 0 Å². The van der Waals surface area contributed by atoms with E-state index in [2.05, 4.69) is 144 Å². The summed E-state index contributed by atoms with van der Waals surface area (Å²) in [6.07, 6.45) is 0. The van der Waals surface area contributed by atoms with Crippen LogP contribution in [0.25, 0.3) is 118 Å². The van der Waals surface area contributed by atoms with E-state index in [1.807, 2.05) is 97.1 Å². The fourth-order valence-electron chi connectivity index (χ4n) is 8.95. The number of rotatable bonds is 9. The molecule has 0 spiro atoms. The molecule has 0 saturated carbocycles. The number of aromatic nitrogens is 7. The lowest BCUT2D eigenvalue weighted by molar-refractivity contribution is 1.07. The van der Waals surface area contributed by atoms with Crippen molar-refractivity contribution in [2.24, 2.45) is 0 Å². The molecule has 0 radical (unpaired) electrons. The third-order valence-corrected chi connectivity index (χ3v) is 12.1. The summed E-state index contributed by atoms with van der Waals surface area (Å²) in [6.45, 7) is 0. The Kier molecular flexibility index (Phi) is 10.0. The first-order valence-electron chi connectivity index (χ1n) is 22.3. The number of hydrogen-bond acceptors (Lipinski definition) is 6. The minimum absolute atomic E-state index is 0.523. The summed E-state index contributed by atoms with van der Waals surface area (Å²) in [5, 5.41) is 2.27. The van der Waals surface area contributed by atoms with E-state index >= 15 is 0 Å². The van der Waals surface area contributed by atoms with Crippen molar-refractivity contribution >= 4 is 21.8 Å². The molecule has 314 valence electrons. The predicted molar refractivity (Wildman–Crippen MR) is 271 cm³/mol. The fraction of sp³-hybridized carbons (Fsp3) is 0. The second-order valence-electron chi connectivity index (χ2n) is 16.3. The van der Waals surface area contributed by atoms with Crippen LogP contribution < -0.4 is 0 Å². The van der Waals surface area contributed by atoms with Crippen LogP contribution in [0.15, 0.2) is 237 Å². The highest BCUT2D eigenvalue weighted by molar-refractivity contribution is 6.16. The van der Waals surface area contributed by atoms with Crippen LogP contribution in [0.5, 0.6) is 0 Å². The van der Waals surface area contributed by atoms with Gasteiger partial charge in [-0.1, -0.05) is 200 Å². The molecule has 0 atom stereocenters. The third-order valence-electron chi connectivity index (χ3n) is 12.1. The van der Waals surface area contributed by atoms with Crippen molar-refractivity contribution in [3.8, 4) is 96.3 Å². The van der Waals surface area contributed by atoms with E-state index in [1.54, 1.807) is 0 Å². The molecule has 0 unspecified atom stereocenters. The summed E-state index contributed by atoms with van der Waals surface area (Å²) in [7, 11) is 0. The van der Waals surface area contributed by atoms with Gasteiger partial charge in [0, 0.05) is 49.8 Å². The Balaban J connectivity index is 1.14. The van der Waals surface area contributed by atoms with Crippen LogP contribution in [0.4, 0.5) is 0 Å². The van der Waals surface area contributed by atoms with Gasteiger partial charge in [-0.05, 0) is 58.7 Å². The average molecular weight is 858 g/mol. The quantitative estimate of drug-likeness (QED) is 0.144. The SMILES string of the molecule is c1ccc(-c2cccc(-c3nc(-c4ccccc4)nc(-c4cc(-c5nc(-c6ccccc6)nc(-c6ccccc6)n5)ccc4-c4cccc5c4c4ccccc4n5-c4ccccc4)n3)c2)cc1. The maximum atomic E-state index is 5.40. The van der Waals surface area contributed by atoms with Gasteiger partial charge in [0.05, 0.1) is 11.0 Å². The van der Waals surface area contributed by atoms with E-state index in [1.165, 1.54) is 0 Å². The highest BCUT2D eigenvalue weighted by atomic mass is 15.0. The van der Waals surface area contributed by atoms with Crippen molar-refractivity contribution in [3.05, 3.63) is 237 Å². The van der Waals surface area contributed by atoms with E-state index in [0.717, 1.165) is 83.1 Å². The lowest BCUT2D eigenvalue weighted by atomic mass is 9.93. The van der Waals surface area contributed by atoms with Gasteiger partial charge in [0.1, 0.15) is 0 Å². The second kappa shape index (κ2) is 17.1. The average Bonchev–Trinajstić information content (AvgIpc) is 3.76. The molecule has 0 aliphatic heterocycles. The van der Waals surface area contributed by atoms with Crippen molar-refractivity contribution in [3.63, 3.8) is 0 Å². The number of benzene rings is 9. The van der Waals surface area contributed by atoms with Crippen LogP contribution in [0.1, 0.15) is 0 Å². The van der Waals surface area contributed by atoms with Crippen LogP contribution in [0, 0.1) is 0 Å². The Morgan fingerprint density at radius 1 is 0.239 bits per heavy atom. The van der Waals surface area contributed by atoms with Crippen LogP contribution in [-0.4, -0.2) is 34.5 Å². The molecule has 0 bridgehead atoms. The summed E-state index contributed by atoms with van der Waals surface area (Å²) in [5.41, 5.74) is 12.7. The molecule has 0 aliphatic rings. The summed E-state index contributed by atoms with van der Waals surface area (Å²) in [4.78, 5) is 31.2. The third kappa shape index (κ3) is 7.50. The van der Waals surface area contributed by atoms with E-state index in [-0.39, 0.29) is 0 Å². The molecule has 0 saturated heterocycles. The first kappa shape index (κ1) is 39.4. The zero-order chi connectivity index (χ0) is 44.5. The Labute approximate surface area is 387 Å². The van der Waals surface area contributed by atoms with E-state index in [4.69, 9.17) is 29.9 Å². The van der Waals surface area contributed by atoms with Gasteiger partial charge in [0.15, 0.2) is 34.9 Å². The Hall–Kier alpha value is -9.20. The summed E-state index contributed by atoms with van der Waals surface area (Å²) in [5.74, 6) is 3.36. The lowest BCUT2D eigenvalue weighted by Gasteiger charge is -2.15. The first-order valence-corrected chi connectivity index (χ1v) is 22.3. The van der Waals surface area contributed by atoms with Crippen LogP contribution in [-0.2, 0) is 0 Å². The molecule has 7 nitrogen and oxygen atoms in total. The largest absolute Gasteiger partial charge is 0.309 e. The highest BCUT2D eigenvalue weighted by Gasteiger charge is 2.23. The van der Waals surface area contributed by atoms with Crippen molar-refractivity contribution in [1.82, 2.24) is 34.5 Å². The number of nitrogens with zero attached hydrogens (tertiary/aromatic N) is 7. The zero-order valence-corrected chi connectivity index (χ0v) is 36.1. The van der Waals surface area contributed by atoms with E-state index in [0.29, 0.717) is 34.9 Å². The van der Waals surface area contributed by atoms with E-state index in [9.17, 15) is 0 Å². The number of fused-ring (bicyclic) bond motifs is 3. The van der Waals surface area contributed by atoms with Gasteiger partial charge in [-0.25, -0.2) is 29.9 Å². The van der Waals surface area contributed by atoms with Crippen molar-refractivity contribution in [2.75, 3.05) is 0 Å². The highest BCUT2D eigenvalue weighted by Crippen LogP contribution is 2.43. The molecule has 3 aromatic heterocycles. The van der Waals surface area contributed by atoms with Crippen LogP contribution in [0.3, 0.4) is 0 Å². The maximum Gasteiger partial charge on any atom is 0.164 e. The first-order chi connectivity index (χ1) is 33.2. The van der Waals surface area contributed by atoms with Gasteiger partial charge in [0.25, 0.3) is 0 Å². The molecule has 12 rings (SSSR count). The molecule has 67 heavy (non-hydrogen) atoms. The monoisotopic (exact) mass is 857 g/mol. The molecular weight excluding hydrogens is 819 g/mol. The number of hydrogen-bond donors (Lipinski definition) is 0. The predicted octanol–water partition coefficient (Wildman–Crippen LogP) is 14.5. The van der Waals surface area contributed by atoms with Crippen molar-refractivity contribution < 1.29 is 0 Å². The van der Waals surface area contributed by atoms with Gasteiger partial charge in [0.2, 0.25) is 0 Å². The molecule has 7 heteroatoms. The molecule has 0 aliphatic carbocycles. The smallest absolute Gasteiger partial charge is 0.164 e. The van der Waals surface area contributed by atoms with Crippen molar-refractivity contribution in [1.29, 1.82) is 0 Å². The van der Waals surface area contributed by atoms with Gasteiger partial charge in [-0.2, -0.15) is 0 Å². The molecule has 0 fully saturated rings. The minimum Gasteiger partial charge on any atom is -0.309 e. The van der Waals surface area contributed by atoms with Gasteiger partial charge >= 0.3 is 0 Å². The topological polar surface area (TPSA) is 82.3 Å². The maximum absolute atomic E-state index is 5.40. The molecule has 12 aromatic rings. The van der Waals surface area contributed by atoms with Crippen molar-refractivity contribution in [2.45, 2.75) is 0 Å². The summed E-state index contributed by atoms with van der Waals surface area (Å²) in [6, 6.07) is 81.1. The van der Waals surface area contributed by atoms with Gasteiger partial charge in [-0.15, -0.1) is 0 Å². The normalized spacial score (nSPS) is 11.3.